The molecule has 2 aromatic rings. The van der Waals surface area contributed by atoms with E-state index in [0.29, 0.717) is 24.3 Å². The van der Waals surface area contributed by atoms with Gasteiger partial charge in [-0.3, -0.25) is 9.59 Å². The van der Waals surface area contributed by atoms with Crippen molar-refractivity contribution in [3.8, 4) is 0 Å². The van der Waals surface area contributed by atoms with Gasteiger partial charge >= 0.3 is 5.97 Å². The molecule has 1 aromatic heterocycles. The van der Waals surface area contributed by atoms with Gasteiger partial charge in [0.2, 0.25) is 10.0 Å². The summed E-state index contributed by atoms with van der Waals surface area (Å²) in [6.45, 7) is -0.164. The maximum atomic E-state index is 12.6. The number of carbonyl (C=O) groups excluding carboxylic acids is 3. The summed E-state index contributed by atoms with van der Waals surface area (Å²) in [4.78, 5) is 39.3. The first-order valence-corrected chi connectivity index (χ1v) is 12.3. The Kier molecular flexibility index (Phi) is 7.55. The molecule has 12 heteroatoms. The van der Waals surface area contributed by atoms with Crippen molar-refractivity contribution in [2.24, 2.45) is 0 Å². The summed E-state index contributed by atoms with van der Waals surface area (Å²) in [5.41, 5.74) is 0.0750. The highest BCUT2D eigenvalue weighted by Gasteiger charge is 2.36. The van der Waals surface area contributed by atoms with E-state index in [2.05, 4.69) is 5.32 Å². The second-order valence-corrected chi connectivity index (χ2v) is 10.7. The molecule has 1 aromatic carbocycles. The lowest BCUT2D eigenvalue weighted by Gasteiger charge is -2.22. The fraction of sp³-hybridized carbons (Fsp3) is 0.350. The molecule has 9 nitrogen and oxygen atoms in total. The Balaban J connectivity index is 1.61. The number of hydrogen-bond donors (Lipinski definition) is 1. The second kappa shape index (κ2) is 9.99. The van der Waals surface area contributed by atoms with E-state index in [-0.39, 0.29) is 21.5 Å². The van der Waals surface area contributed by atoms with Crippen molar-refractivity contribution < 1.29 is 27.5 Å². The molecule has 0 bridgehead atoms. The van der Waals surface area contributed by atoms with Gasteiger partial charge in [-0.25, -0.2) is 17.5 Å². The van der Waals surface area contributed by atoms with Gasteiger partial charge in [0.1, 0.15) is 6.04 Å². The Morgan fingerprint density at radius 1 is 1.28 bits per heavy atom. The van der Waals surface area contributed by atoms with Crippen LogP contribution in [0.2, 0.25) is 5.02 Å². The highest BCUT2D eigenvalue weighted by Crippen LogP contribution is 2.27. The number of rotatable bonds is 7. The molecule has 3 rings (SSSR count). The minimum absolute atomic E-state index is 0.0483. The molecule has 1 atom stereocenters. The van der Waals surface area contributed by atoms with E-state index in [1.807, 2.05) is 0 Å². The Bertz CT molecular complexity index is 1120. The van der Waals surface area contributed by atoms with Crippen molar-refractivity contribution in [3.05, 3.63) is 45.6 Å². The lowest BCUT2D eigenvalue weighted by molar-refractivity contribution is -0.151. The zero-order valence-electron chi connectivity index (χ0n) is 17.4. The van der Waals surface area contributed by atoms with E-state index in [1.54, 1.807) is 17.5 Å². The fourth-order valence-corrected chi connectivity index (χ4v) is 4.96. The maximum absolute atomic E-state index is 12.6. The van der Waals surface area contributed by atoms with Gasteiger partial charge in [-0.2, -0.15) is 0 Å². The third-order valence-corrected chi connectivity index (χ3v) is 7.85. The van der Waals surface area contributed by atoms with Crippen molar-refractivity contribution in [1.82, 2.24) is 9.21 Å². The van der Waals surface area contributed by atoms with Crippen molar-refractivity contribution in [1.29, 1.82) is 0 Å². The first-order chi connectivity index (χ1) is 15.1. The van der Waals surface area contributed by atoms with Crippen molar-refractivity contribution in [3.63, 3.8) is 0 Å². The number of amides is 2. The van der Waals surface area contributed by atoms with Crippen molar-refractivity contribution in [2.45, 2.75) is 23.8 Å². The number of likely N-dealkylation sites (tertiary alicyclic amines) is 1. The van der Waals surface area contributed by atoms with Gasteiger partial charge in [-0.1, -0.05) is 17.7 Å². The third kappa shape index (κ3) is 5.29. The SMILES string of the molecule is CN(C)S(=O)(=O)c1ccc(Cl)c(NC(=O)COC(=O)C2CCCN2C(=O)c2cccs2)c1. The first kappa shape index (κ1) is 24.2. The number of carbonyl (C=O) groups is 3. The zero-order valence-corrected chi connectivity index (χ0v) is 19.8. The molecule has 1 aliphatic heterocycles. The van der Waals surface area contributed by atoms with E-state index in [1.165, 1.54) is 48.5 Å². The fourth-order valence-electron chi connectivity index (χ4n) is 3.19. The Labute approximate surface area is 195 Å². The van der Waals surface area contributed by atoms with E-state index in [0.717, 1.165) is 4.31 Å². The van der Waals surface area contributed by atoms with Crippen LogP contribution in [-0.4, -0.2) is 68.7 Å². The number of anilines is 1. The molecule has 0 aliphatic carbocycles. The minimum Gasteiger partial charge on any atom is -0.454 e. The predicted octanol–water partition coefficient (Wildman–Crippen LogP) is 2.44. The molecule has 1 aliphatic rings. The molecule has 2 heterocycles. The van der Waals surface area contributed by atoms with Crippen LogP contribution in [0.5, 0.6) is 0 Å². The zero-order chi connectivity index (χ0) is 23.5. The molecule has 172 valence electrons. The quantitative estimate of drug-likeness (QED) is 0.585. The molecule has 0 saturated carbocycles. The van der Waals surface area contributed by atoms with Crippen LogP contribution in [0.1, 0.15) is 22.5 Å². The van der Waals surface area contributed by atoms with Crippen LogP contribution in [0, 0.1) is 0 Å². The van der Waals surface area contributed by atoms with Gasteiger partial charge in [-0.15, -0.1) is 11.3 Å². The van der Waals surface area contributed by atoms with Crippen LogP contribution in [0.4, 0.5) is 5.69 Å². The summed E-state index contributed by atoms with van der Waals surface area (Å²) in [5, 5.41) is 4.37. The van der Waals surface area contributed by atoms with Crippen LogP contribution in [0.3, 0.4) is 0 Å². The highest BCUT2D eigenvalue weighted by molar-refractivity contribution is 7.89. The average molecular weight is 500 g/mol. The topological polar surface area (TPSA) is 113 Å². The van der Waals surface area contributed by atoms with Crippen LogP contribution in [-0.2, 0) is 24.3 Å². The van der Waals surface area contributed by atoms with E-state index in [9.17, 15) is 22.8 Å². The molecule has 32 heavy (non-hydrogen) atoms. The van der Waals surface area contributed by atoms with E-state index < -0.39 is 34.5 Å². The molecule has 2 amide bonds. The summed E-state index contributed by atoms with van der Waals surface area (Å²) in [5.74, 6) is -1.60. The van der Waals surface area contributed by atoms with Gasteiger partial charge in [0, 0.05) is 20.6 Å². The molecular formula is C20H22ClN3O6S2. The number of hydrogen-bond acceptors (Lipinski definition) is 7. The van der Waals surface area contributed by atoms with Gasteiger partial charge in [0.15, 0.2) is 6.61 Å². The number of nitrogens with zero attached hydrogens (tertiary/aromatic N) is 2. The van der Waals surface area contributed by atoms with Crippen LogP contribution in [0.15, 0.2) is 40.6 Å². The first-order valence-electron chi connectivity index (χ1n) is 9.64. The largest absolute Gasteiger partial charge is 0.454 e. The molecule has 1 saturated heterocycles. The Morgan fingerprint density at radius 2 is 2.03 bits per heavy atom. The molecule has 0 radical (unpaired) electrons. The average Bonchev–Trinajstić information content (AvgIpc) is 3.45. The van der Waals surface area contributed by atoms with Gasteiger partial charge in [0.25, 0.3) is 11.8 Å². The van der Waals surface area contributed by atoms with Crippen molar-refractivity contribution in [2.75, 3.05) is 32.6 Å². The van der Waals surface area contributed by atoms with E-state index in [4.69, 9.17) is 16.3 Å². The predicted molar refractivity (Wildman–Crippen MR) is 120 cm³/mol. The summed E-state index contributed by atoms with van der Waals surface area (Å²) in [7, 11) is -0.948. The molecule has 1 unspecified atom stereocenters. The Hall–Kier alpha value is -2.47. The highest BCUT2D eigenvalue weighted by atomic mass is 35.5. The van der Waals surface area contributed by atoms with Crippen LogP contribution < -0.4 is 5.32 Å². The van der Waals surface area contributed by atoms with Crippen LogP contribution >= 0.6 is 22.9 Å². The molecular weight excluding hydrogens is 478 g/mol. The smallest absolute Gasteiger partial charge is 0.329 e. The second-order valence-electron chi connectivity index (χ2n) is 7.22. The van der Waals surface area contributed by atoms with Crippen molar-refractivity contribution >= 4 is 56.4 Å². The summed E-state index contributed by atoms with van der Waals surface area (Å²) in [6.07, 6.45) is 1.11. The molecule has 1 fully saturated rings. The lowest BCUT2D eigenvalue weighted by atomic mass is 10.2. The number of halogens is 1. The van der Waals surface area contributed by atoms with Gasteiger partial charge < -0.3 is 15.0 Å². The summed E-state index contributed by atoms with van der Waals surface area (Å²) in [6, 6.07) is 6.61. The lowest BCUT2D eigenvalue weighted by Crippen LogP contribution is -2.41. The number of thiophene rings is 1. The number of nitrogens with one attached hydrogen (secondary N) is 1. The molecule has 0 spiro atoms. The number of benzene rings is 1. The normalized spacial score (nSPS) is 16.2. The minimum atomic E-state index is -3.72. The van der Waals surface area contributed by atoms with Gasteiger partial charge in [0.05, 0.1) is 20.5 Å². The van der Waals surface area contributed by atoms with E-state index >= 15 is 0 Å². The van der Waals surface area contributed by atoms with Gasteiger partial charge in [-0.05, 0) is 42.5 Å². The monoisotopic (exact) mass is 499 g/mol. The number of esters is 1. The number of sulfonamides is 1. The third-order valence-electron chi connectivity index (χ3n) is 4.85. The summed E-state index contributed by atoms with van der Waals surface area (Å²) < 4.78 is 30.7. The molecule has 1 N–H and O–H groups in total. The standard InChI is InChI=1S/C20H22ClN3O6S2/c1-23(2)32(28,29)13-7-8-14(21)15(11-13)22-18(25)12-30-20(27)16-5-3-9-24(16)19(26)17-6-4-10-31-17/h4,6-8,10-11,16H,3,5,9,12H2,1-2H3,(H,22,25). The number of ether oxygens (including phenoxy) is 1. The Morgan fingerprint density at radius 3 is 2.69 bits per heavy atom. The maximum Gasteiger partial charge on any atom is 0.329 e. The van der Waals surface area contributed by atoms with Crippen LogP contribution in [0.25, 0.3) is 0 Å². The summed E-state index contributed by atoms with van der Waals surface area (Å²) >= 11 is 7.36.